The zero-order chi connectivity index (χ0) is 21.8. The summed E-state index contributed by atoms with van der Waals surface area (Å²) in [6, 6.07) is 8.58. The molecule has 1 aromatic heterocycles. The van der Waals surface area contributed by atoms with Gasteiger partial charge in [-0.1, -0.05) is 13.0 Å². The van der Waals surface area contributed by atoms with Crippen molar-refractivity contribution < 1.29 is 14.3 Å². The highest BCUT2D eigenvalue weighted by Gasteiger charge is 2.27. The molecule has 0 aliphatic carbocycles. The number of carbonyl (C=O) groups excluding carboxylic acids is 1. The molecule has 2 aromatic rings. The van der Waals surface area contributed by atoms with Crippen LogP contribution in [-0.2, 0) is 13.0 Å². The van der Waals surface area contributed by atoms with Gasteiger partial charge in [-0.3, -0.25) is 4.90 Å². The van der Waals surface area contributed by atoms with Crippen LogP contribution in [0.3, 0.4) is 0 Å². The van der Waals surface area contributed by atoms with E-state index in [-0.39, 0.29) is 12.1 Å². The molecule has 1 saturated heterocycles. The normalized spacial score (nSPS) is 18.4. The van der Waals surface area contributed by atoms with E-state index in [4.69, 9.17) is 9.47 Å². The van der Waals surface area contributed by atoms with Crippen LogP contribution in [0.1, 0.15) is 41.8 Å². The highest BCUT2D eigenvalue weighted by molar-refractivity contribution is 7.10. The molecular weight excluding hydrogens is 410 g/mol. The quantitative estimate of drug-likeness (QED) is 0.723. The maximum Gasteiger partial charge on any atom is 0.317 e. The largest absolute Gasteiger partial charge is 0.493 e. The van der Waals surface area contributed by atoms with E-state index in [2.05, 4.69) is 34.7 Å². The van der Waals surface area contributed by atoms with Gasteiger partial charge in [-0.05, 0) is 73.0 Å². The van der Waals surface area contributed by atoms with E-state index >= 15 is 0 Å². The predicted octanol–water partition coefficient (Wildman–Crippen LogP) is 4.31. The van der Waals surface area contributed by atoms with Crippen LogP contribution in [0.2, 0.25) is 0 Å². The Morgan fingerprint density at radius 3 is 2.52 bits per heavy atom. The van der Waals surface area contributed by atoms with E-state index in [0.29, 0.717) is 25.4 Å². The van der Waals surface area contributed by atoms with Crippen molar-refractivity contribution in [3.8, 4) is 11.5 Å². The van der Waals surface area contributed by atoms with E-state index in [9.17, 15) is 4.79 Å². The molecule has 0 bridgehead atoms. The third-order valence-corrected chi connectivity index (χ3v) is 7.56. The maximum absolute atomic E-state index is 13.0. The molecule has 4 rings (SSSR count). The SMILES string of the molecule is COc1cc2c(cc1OC)CN(C(=O)NCC(c1cccs1)N1CCC(C)CC1)CC2. The van der Waals surface area contributed by atoms with Gasteiger partial charge < -0.3 is 19.7 Å². The van der Waals surface area contributed by atoms with Crippen LogP contribution in [0.4, 0.5) is 4.79 Å². The standard InChI is InChI=1S/C24H33N3O3S/c1-17-6-9-26(10-7-17)20(23-5-4-12-31-23)15-25-24(28)27-11-8-18-13-21(29-2)22(30-3)14-19(18)16-27/h4-5,12-14,17,20H,6-11,15-16H2,1-3H3,(H,25,28). The number of nitrogens with zero attached hydrogens (tertiary/aromatic N) is 2. The van der Waals surface area contributed by atoms with Crippen LogP contribution in [0.5, 0.6) is 11.5 Å². The summed E-state index contributed by atoms with van der Waals surface area (Å²) in [5.74, 6) is 2.24. The van der Waals surface area contributed by atoms with E-state index in [1.165, 1.54) is 23.3 Å². The number of nitrogens with one attached hydrogen (secondary N) is 1. The first-order chi connectivity index (χ1) is 15.1. The van der Waals surface area contributed by atoms with Crippen molar-refractivity contribution in [2.24, 2.45) is 5.92 Å². The third-order valence-electron chi connectivity index (χ3n) is 6.58. The van der Waals surface area contributed by atoms with E-state index in [1.807, 2.05) is 17.0 Å². The second-order valence-electron chi connectivity index (χ2n) is 8.58. The van der Waals surface area contributed by atoms with E-state index in [0.717, 1.165) is 36.7 Å². The van der Waals surface area contributed by atoms with Gasteiger partial charge in [0.2, 0.25) is 0 Å². The van der Waals surface area contributed by atoms with Crippen molar-refractivity contribution in [1.29, 1.82) is 0 Å². The Labute approximate surface area is 189 Å². The zero-order valence-corrected chi connectivity index (χ0v) is 19.5. The van der Waals surface area contributed by atoms with Crippen molar-refractivity contribution in [2.45, 2.75) is 38.8 Å². The molecule has 0 saturated carbocycles. The molecule has 6 nitrogen and oxygen atoms in total. The number of carbonyl (C=O) groups is 1. The summed E-state index contributed by atoms with van der Waals surface area (Å²) in [6.45, 7) is 6.46. The molecule has 7 heteroatoms. The summed E-state index contributed by atoms with van der Waals surface area (Å²) in [5.41, 5.74) is 2.35. The minimum Gasteiger partial charge on any atom is -0.493 e. The molecule has 0 radical (unpaired) electrons. The highest BCUT2D eigenvalue weighted by Crippen LogP contribution is 2.33. The number of likely N-dealkylation sites (tertiary alicyclic amines) is 1. The lowest BCUT2D eigenvalue weighted by atomic mass is 9.97. The fraction of sp³-hybridized carbons (Fsp3) is 0.542. The lowest BCUT2D eigenvalue weighted by Gasteiger charge is -2.37. The van der Waals surface area contributed by atoms with Crippen LogP contribution in [0, 0.1) is 5.92 Å². The number of urea groups is 1. The molecule has 1 unspecified atom stereocenters. The number of ether oxygens (including phenoxy) is 2. The molecule has 3 heterocycles. The van der Waals surface area contributed by atoms with Crippen molar-refractivity contribution in [3.05, 3.63) is 45.6 Å². The number of fused-ring (bicyclic) bond motifs is 1. The fourth-order valence-electron chi connectivity index (χ4n) is 4.58. The minimum absolute atomic E-state index is 0.00682. The topological polar surface area (TPSA) is 54.0 Å². The van der Waals surface area contributed by atoms with Crippen molar-refractivity contribution in [2.75, 3.05) is 40.4 Å². The number of benzene rings is 1. The van der Waals surface area contributed by atoms with Gasteiger partial charge in [0, 0.05) is 24.5 Å². The Morgan fingerprint density at radius 2 is 1.87 bits per heavy atom. The summed E-state index contributed by atoms with van der Waals surface area (Å²) in [4.78, 5) is 18.8. The number of methoxy groups -OCH3 is 2. The van der Waals surface area contributed by atoms with Gasteiger partial charge >= 0.3 is 6.03 Å². The Hall–Kier alpha value is -2.25. The van der Waals surface area contributed by atoms with Gasteiger partial charge in [0.05, 0.1) is 20.3 Å². The second-order valence-corrected chi connectivity index (χ2v) is 9.56. The summed E-state index contributed by atoms with van der Waals surface area (Å²) in [5, 5.41) is 5.35. The Kier molecular flexibility index (Phi) is 7.02. The predicted molar refractivity (Wildman–Crippen MR) is 124 cm³/mol. The average molecular weight is 444 g/mol. The van der Waals surface area contributed by atoms with Crippen molar-refractivity contribution in [1.82, 2.24) is 15.1 Å². The van der Waals surface area contributed by atoms with Gasteiger partial charge in [-0.25, -0.2) is 4.79 Å². The number of rotatable bonds is 6. The summed E-state index contributed by atoms with van der Waals surface area (Å²) < 4.78 is 10.9. The lowest BCUT2D eigenvalue weighted by Crippen LogP contribution is -2.47. The Morgan fingerprint density at radius 1 is 1.16 bits per heavy atom. The molecule has 2 aliphatic rings. The Balaban J connectivity index is 1.40. The Bertz CT molecular complexity index is 878. The molecule has 2 aliphatic heterocycles. The molecule has 1 aromatic carbocycles. The van der Waals surface area contributed by atoms with Gasteiger partial charge in [0.25, 0.3) is 0 Å². The van der Waals surface area contributed by atoms with Crippen LogP contribution in [0.25, 0.3) is 0 Å². The van der Waals surface area contributed by atoms with Crippen LogP contribution in [-0.4, -0.2) is 56.2 Å². The molecule has 31 heavy (non-hydrogen) atoms. The monoisotopic (exact) mass is 443 g/mol. The third kappa shape index (κ3) is 4.99. The number of piperidine rings is 1. The van der Waals surface area contributed by atoms with Gasteiger partial charge in [-0.15, -0.1) is 11.3 Å². The van der Waals surface area contributed by atoms with Gasteiger partial charge in [0.1, 0.15) is 0 Å². The second kappa shape index (κ2) is 9.92. The van der Waals surface area contributed by atoms with Crippen molar-refractivity contribution in [3.63, 3.8) is 0 Å². The minimum atomic E-state index is 0.00682. The van der Waals surface area contributed by atoms with Gasteiger partial charge in [0.15, 0.2) is 11.5 Å². The molecule has 2 amide bonds. The van der Waals surface area contributed by atoms with Crippen LogP contribution in [0.15, 0.2) is 29.6 Å². The maximum atomic E-state index is 13.0. The number of amides is 2. The highest BCUT2D eigenvalue weighted by atomic mass is 32.1. The zero-order valence-electron chi connectivity index (χ0n) is 18.7. The van der Waals surface area contributed by atoms with Crippen LogP contribution < -0.4 is 14.8 Å². The molecule has 0 spiro atoms. The average Bonchev–Trinajstić information content (AvgIpc) is 3.33. The summed E-state index contributed by atoms with van der Waals surface area (Å²) in [7, 11) is 3.30. The number of hydrogen-bond acceptors (Lipinski definition) is 5. The number of hydrogen-bond donors (Lipinski definition) is 1. The molecule has 1 N–H and O–H groups in total. The van der Waals surface area contributed by atoms with Crippen molar-refractivity contribution >= 4 is 17.4 Å². The first-order valence-corrected chi connectivity index (χ1v) is 12.0. The number of thiophene rings is 1. The van der Waals surface area contributed by atoms with E-state index in [1.54, 1.807) is 25.6 Å². The lowest BCUT2D eigenvalue weighted by molar-refractivity contribution is 0.134. The smallest absolute Gasteiger partial charge is 0.317 e. The van der Waals surface area contributed by atoms with Gasteiger partial charge in [-0.2, -0.15) is 0 Å². The first kappa shape index (κ1) is 22.0. The molecule has 1 atom stereocenters. The molecule has 1 fully saturated rings. The molecular formula is C24H33N3O3S. The summed E-state index contributed by atoms with van der Waals surface area (Å²) in [6.07, 6.45) is 3.27. The van der Waals surface area contributed by atoms with E-state index < -0.39 is 0 Å². The molecule has 168 valence electrons. The van der Waals surface area contributed by atoms with Crippen LogP contribution >= 0.6 is 11.3 Å². The fourth-order valence-corrected chi connectivity index (χ4v) is 5.44. The first-order valence-electron chi connectivity index (χ1n) is 11.1. The summed E-state index contributed by atoms with van der Waals surface area (Å²) >= 11 is 1.78.